The molecule has 1 atom stereocenters. The van der Waals surface area contributed by atoms with E-state index >= 15 is 0 Å². The van der Waals surface area contributed by atoms with Crippen LogP contribution in [0.5, 0.6) is 0 Å². The number of nitrogens with zero attached hydrogens (tertiary/aromatic N) is 2. The fraction of sp³-hybridized carbons (Fsp3) is 0.353. The zero-order valence-electron chi connectivity index (χ0n) is 13.6. The number of nitriles is 1. The summed E-state index contributed by atoms with van der Waals surface area (Å²) >= 11 is 0. The van der Waals surface area contributed by atoms with Gasteiger partial charge in [0, 0.05) is 38.8 Å². The summed E-state index contributed by atoms with van der Waals surface area (Å²) in [7, 11) is 0. The molecular weight excluding hydrogens is 410 g/mol. The third kappa shape index (κ3) is 3.70. The number of imide groups is 1. The van der Waals surface area contributed by atoms with Gasteiger partial charge in [0.2, 0.25) is 11.8 Å². The smallest absolute Gasteiger partial charge is 0.274 e. The van der Waals surface area contributed by atoms with Gasteiger partial charge in [-0.25, -0.2) is 5.26 Å². The molecule has 4 nitrogen and oxygen atoms in total. The SMILES string of the molecule is C=CCC1C(=O)N(c2[c-]c(C(F)(F)F)c(C#N)cc2)C(=O)C1(C)C.[Y]. The normalized spacial score (nSPS) is 19.4. The van der Waals surface area contributed by atoms with E-state index in [-0.39, 0.29) is 44.8 Å². The average molecular weight is 424 g/mol. The van der Waals surface area contributed by atoms with Crippen molar-refractivity contribution in [3.63, 3.8) is 0 Å². The first-order valence-electron chi connectivity index (χ1n) is 7.08. The minimum absolute atomic E-state index is 0. The molecule has 1 fully saturated rings. The van der Waals surface area contributed by atoms with Crippen LogP contribution in [0.4, 0.5) is 18.9 Å². The molecule has 0 aromatic heterocycles. The first kappa shape index (κ1) is 21.5. The third-order valence-corrected chi connectivity index (χ3v) is 4.12. The molecule has 2 rings (SSSR count). The van der Waals surface area contributed by atoms with Gasteiger partial charge in [-0.05, 0) is 17.5 Å². The number of amides is 2. The Balaban J connectivity index is 0.00000312. The van der Waals surface area contributed by atoms with E-state index in [9.17, 15) is 22.8 Å². The van der Waals surface area contributed by atoms with Gasteiger partial charge in [-0.3, -0.25) is 14.5 Å². The largest absolute Gasteiger partial charge is 0.395 e. The monoisotopic (exact) mass is 424 g/mol. The van der Waals surface area contributed by atoms with Crippen LogP contribution >= 0.6 is 0 Å². The fourth-order valence-corrected chi connectivity index (χ4v) is 2.72. The minimum Gasteiger partial charge on any atom is -0.274 e. The quantitative estimate of drug-likeness (QED) is 0.424. The predicted molar refractivity (Wildman–Crippen MR) is 79.6 cm³/mol. The van der Waals surface area contributed by atoms with Gasteiger partial charge in [-0.15, -0.1) is 18.7 Å². The second-order valence-electron chi connectivity index (χ2n) is 6.02. The van der Waals surface area contributed by atoms with Crippen molar-refractivity contribution in [1.29, 1.82) is 5.26 Å². The molecule has 129 valence electrons. The summed E-state index contributed by atoms with van der Waals surface area (Å²) in [6.45, 7) is 6.67. The molecule has 2 amide bonds. The van der Waals surface area contributed by atoms with Gasteiger partial charge >= 0.3 is 6.18 Å². The predicted octanol–water partition coefficient (Wildman–Crippen LogP) is 3.47. The van der Waals surface area contributed by atoms with E-state index < -0.39 is 40.5 Å². The summed E-state index contributed by atoms with van der Waals surface area (Å²) < 4.78 is 39.2. The summed E-state index contributed by atoms with van der Waals surface area (Å²) in [4.78, 5) is 25.8. The second-order valence-corrected chi connectivity index (χ2v) is 6.02. The molecule has 25 heavy (non-hydrogen) atoms. The number of alkyl halides is 3. The maximum atomic E-state index is 13.1. The molecule has 1 aromatic carbocycles. The summed E-state index contributed by atoms with van der Waals surface area (Å²) in [5.41, 5.74) is -3.29. The average Bonchev–Trinajstić information content (AvgIpc) is 2.66. The molecule has 1 unspecified atom stereocenters. The molecule has 1 aliphatic rings. The van der Waals surface area contributed by atoms with Crippen LogP contribution < -0.4 is 4.90 Å². The Hall–Kier alpha value is -1.52. The summed E-state index contributed by atoms with van der Waals surface area (Å²) in [6, 6.07) is 5.51. The molecule has 8 heteroatoms. The zero-order valence-corrected chi connectivity index (χ0v) is 16.5. The van der Waals surface area contributed by atoms with E-state index in [1.54, 1.807) is 13.8 Å². The van der Waals surface area contributed by atoms with Crippen molar-refractivity contribution in [3.8, 4) is 6.07 Å². The molecule has 1 heterocycles. The third-order valence-electron chi connectivity index (χ3n) is 4.12. The van der Waals surface area contributed by atoms with Crippen LogP contribution in [0, 0.1) is 28.7 Å². The number of carbonyl (C=O) groups excluding carboxylic acids is 2. The van der Waals surface area contributed by atoms with Crippen molar-refractivity contribution in [2.24, 2.45) is 11.3 Å². The zero-order chi connectivity index (χ0) is 18.3. The Labute approximate surface area is 168 Å². The number of carbonyl (C=O) groups is 2. The molecule has 0 spiro atoms. The minimum atomic E-state index is -4.82. The summed E-state index contributed by atoms with van der Waals surface area (Å²) in [5, 5.41) is 8.81. The van der Waals surface area contributed by atoms with Gasteiger partial charge in [0.15, 0.2) is 0 Å². The van der Waals surface area contributed by atoms with Crippen LogP contribution in [-0.2, 0) is 48.5 Å². The number of halogens is 3. The van der Waals surface area contributed by atoms with Crippen LogP contribution in [0.3, 0.4) is 0 Å². The van der Waals surface area contributed by atoms with Crippen LogP contribution in [0.1, 0.15) is 31.4 Å². The van der Waals surface area contributed by atoms with E-state index in [1.807, 2.05) is 6.07 Å². The van der Waals surface area contributed by atoms with Crippen molar-refractivity contribution >= 4 is 17.5 Å². The van der Waals surface area contributed by atoms with Crippen molar-refractivity contribution < 1.29 is 55.5 Å². The molecule has 0 aliphatic carbocycles. The van der Waals surface area contributed by atoms with Crippen molar-refractivity contribution in [3.05, 3.63) is 42.0 Å². The molecule has 1 aliphatic heterocycles. The number of benzene rings is 1. The summed E-state index contributed by atoms with van der Waals surface area (Å²) in [5.74, 6) is -1.91. The van der Waals surface area contributed by atoms with Crippen LogP contribution in [-0.4, -0.2) is 11.8 Å². The molecular formula is C17H14F3N2O2Y-. The Morgan fingerprint density at radius 3 is 2.48 bits per heavy atom. The Morgan fingerprint density at radius 2 is 2.00 bits per heavy atom. The first-order valence-corrected chi connectivity index (χ1v) is 7.08. The van der Waals surface area contributed by atoms with Gasteiger partial charge in [-0.1, -0.05) is 25.6 Å². The maximum absolute atomic E-state index is 13.1. The molecule has 1 radical (unpaired) electrons. The topological polar surface area (TPSA) is 61.2 Å². The van der Waals surface area contributed by atoms with Crippen LogP contribution in [0.25, 0.3) is 0 Å². The number of rotatable bonds is 3. The summed E-state index contributed by atoms with van der Waals surface area (Å²) in [6.07, 6.45) is -3.09. The van der Waals surface area contributed by atoms with E-state index in [4.69, 9.17) is 5.26 Å². The first-order chi connectivity index (χ1) is 11.1. The Morgan fingerprint density at radius 1 is 1.40 bits per heavy atom. The van der Waals surface area contributed by atoms with E-state index in [0.717, 1.165) is 12.1 Å². The maximum Gasteiger partial charge on any atom is 0.395 e. The Kier molecular flexibility index (Phi) is 6.36. The van der Waals surface area contributed by atoms with Gasteiger partial charge in [0.05, 0.1) is 11.3 Å². The van der Waals surface area contributed by atoms with E-state index in [1.165, 1.54) is 12.1 Å². The number of hydrogen-bond donors (Lipinski definition) is 0. The number of anilines is 1. The van der Waals surface area contributed by atoms with Crippen molar-refractivity contribution in [1.82, 2.24) is 0 Å². The van der Waals surface area contributed by atoms with Gasteiger partial charge in [-0.2, -0.15) is 19.2 Å². The molecule has 1 saturated heterocycles. The standard InChI is InChI=1S/C17H14F3N2O2.Y/c1-4-5-12-14(23)22(15(24)16(12,2)3)11-7-6-10(9-21)13(8-11)17(18,19)20;/h4,6-7,12H,1,5H2,2-3H3;/q-1;. The van der Waals surface area contributed by atoms with Crippen LogP contribution in [0.15, 0.2) is 24.8 Å². The van der Waals surface area contributed by atoms with Crippen LogP contribution in [0.2, 0.25) is 0 Å². The second kappa shape index (κ2) is 7.39. The molecule has 0 N–H and O–H groups in total. The van der Waals surface area contributed by atoms with Crippen molar-refractivity contribution in [2.75, 3.05) is 4.90 Å². The number of allylic oxidation sites excluding steroid dienone is 1. The van der Waals surface area contributed by atoms with E-state index in [2.05, 4.69) is 6.58 Å². The molecule has 0 saturated carbocycles. The van der Waals surface area contributed by atoms with Crippen molar-refractivity contribution in [2.45, 2.75) is 26.4 Å². The Bertz CT molecular complexity index is 766. The van der Waals surface area contributed by atoms with Gasteiger partial charge in [0.25, 0.3) is 0 Å². The van der Waals surface area contributed by atoms with E-state index in [0.29, 0.717) is 4.90 Å². The fourth-order valence-electron chi connectivity index (χ4n) is 2.72. The number of hydrogen-bond acceptors (Lipinski definition) is 3. The van der Waals surface area contributed by atoms with Gasteiger partial charge < -0.3 is 0 Å². The van der Waals surface area contributed by atoms with Gasteiger partial charge in [0.1, 0.15) is 0 Å². The molecule has 1 aromatic rings. The molecule has 0 bridgehead atoms.